The van der Waals surface area contributed by atoms with E-state index in [2.05, 4.69) is 25.2 Å². The van der Waals surface area contributed by atoms with Crippen LogP contribution in [0.5, 0.6) is 0 Å². The molecule has 0 bridgehead atoms. The smallest absolute Gasteiger partial charge is 0.0717 e. The SMILES string of the molecule is CC=CC(=CC)COC1CCCCC1. The highest BCUT2D eigenvalue weighted by atomic mass is 16.5. The van der Waals surface area contributed by atoms with Gasteiger partial charge in [-0.25, -0.2) is 0 Å². The highest BCUT2D eigenvalue weighted by Gasteiger charge is 2.13. The van der Waals surface area contributed by atoms with Crippen LogP contribution in [0.4, 0.5) is 0 Å². The predicted molar refractivity (Wildman–Crippen MR) is 61.4 cm³/mol. The lowest BCUT2D eigenvalue weighted by atomic mass is 9.98. The minimum atomic E-state index is 0.518. The monoisotopic (exact) mass is 194 g/mol. The van der Waals surface area contributed by atoms with Crippen LogP contribution >= 0.6 is 0 Å². The van der Waals surface area contributed by atoms with Crippen molar-refractivity contribution in [1.29, 1.82) is 0 Å². The van der Waals surface area contributed by atoms with Crippen molar-refractivity contribution in [3.63, 3.8) is 0 Å². The normalized spacial score (nSPS) is 20.6. The maximum atomic E-state index is 5.87. The Kier molecular flexibility index (Phi) is 5.62. The molecule has 80 valence electrons. The predicted octanol–water partition coefficient (Wildman–Crippen LogP) is 3.86. The molecule has 1 fully saturated rings. The Hall–Kier alpha value is -0.560. The van der Waals surface area contributed by atoms with Crippen molar-refractivity contribution >= 4 is 0 Å². The molecule has 1 saturated carbocycles. The first-order valence-electron chi connectivity index (χ1n) is 5.76. The van der Waals surface area contributed by atoms with Crippen LogP contribution in [0.2, 0.25) is 0 Å². The third kappa shape index (κ3) is 4.10. The molecule has 0 spiro atoms. The summed E-state index contributed by atoms with van der Waals surface area (Å²) in [4.78, 5) is 0. The third-order valence-electron chi connectivity index (χ3n) is 2.79. The van der Waals surface area contributed by atoms with Gasteiger partial charge < -0.3 is 4.74 Å². The summed E-state index contributed by atoms with van der Waals surface area (Å²) in [5.74, 6) is 0. The van der Waals surface area contributed by atoms with E-state index in [4.69, 9.17) is 4.74 Å². The molecule has 0 heterocycles. The third-order valence-corrected chi connectivity index (χ3v) is 2.79. The minimum Gasteiger partial charge on any atom is -0.374 e. The lowest BCUT2D eigenvalue weighted by molar-refractivity contribution is 0.0437. The van der Waals surface area contributed by atoms with Gasteiger partial charge in [-0.1, -0.05) is 37.5 Å². The Bertz CT molecular complexity index is 197. The molecule has 0 saturated heterocycles. The zero-order valence-electron chi connectivity index (χ0n) is 9.46. The van der Waals surface area contributed by atoms with Crippen LogP contribution < -0.4 is 0 Å². The maximum Gasteiger partial charge on any atom is 0.0717 e. The molecule has 1 nitrogen and oxygen atoms in total. The van der Waals surface area contributed by atoms with Gasteiger partial charge in [0.15, 0.2) is 0 Å². The lowest BCUT2D eigenvalue weighted by Gasteiger charge is -2.22. The van der Waals surface area contributed by atoms with E-state index in [1.54, 1.807) is 0 Å². The quantitative estimate of drug-likeness (QED) is 0.617. The van der Waals surface area contributed by atoms with Crippen LogP contribution in [0.1, 0.15) is 46.0 Å². The summed E-state index contributed by atoms with van der Waals surface area (Å²) in [6.07, 6.45) is 13.4. The summed E-state index contributed by atoms with van der Waals surface area (Å²) in [6.45, 7) is 4.90. The van der Waals surface area contributed by atoms with E-state index in [9.17, 15) is 0 Å². The van der Waals surface area contributed by atoms with Crippen molar-refractivity contribution in [1.82, 2.24) is 0 Å². The number of allylic oxidation sites excluding steroid dienone is 2. The standard InChI is InChI=1S/C13H22O/c1-3-8-12(4-2)11-14-13-9-6-5-7-10-13/h3-4,8,13H,5-7,9-11H2,1-2H3. The van der Waals surface area contributed by atoms with Crippen LogP contribution in [0.25, 0.3) is 0 Å². The van der Waals surface area contributed by atoms with Gasteiger partial charge in [-0.15, -0.1) is 0 Å². The summed E-state index contributed by atoms with van der Waals surface area (Å²) >= 11 is 0. The van der Waals surface area contributed by atoms with Crippen LogP contribution in [-0.4, -0.2) is 12.7 Å². The Balaban J connectivity index is 2.23. The molecule has 1 heteroatoms. The highest BCUT2D eigenvalue weighted by molar-refractivity contribution is 5.17. The zero-order valence-corrected chi connectivity index (χ0v) is 9.46. The van der Waals surface area contributed by atoms with E-state index < -0.39 is 0 Å². The molecule has 0 unspecified atom stereocenters. The topological polar surface area (TPSA) is 9.23 Å². The maximum absolute atomic E-state index is 5.87. The molecule has 0 N–H and O–H groups in total. The van der Waals surface area contributed by atoms with Gasteiger partial charge in [-0.2, -0.15) is 0 Å². The zero-order chi connectivity index (χ0) is 10.2. The van der Waals surface area contributed by atoms with E-state index in [-0.39, 0.29) is 0 Å². The lowest BCUT2D eigenvalue weighted by Crippen LogP contribution is -2.17. The van der Waals surface area contributed by atoms with Gasteiger partial charge >= 0.3 is 0 Å². The molecule has 0 atom stereocenters. The second kappa shape index (κ2) is 6.83. The number of rotatable bonds is 4. The summed E-state index contributed by atoms with van der Waals surface area (Å²) in [5.41, 5.74) is 1.29. The summed E-state index contributed by atoms with van der Waals surface area (Å²) < 4.78 is 5.87. The molecule has 0 aromatic carbocycles. The molecule has 0 aromatic heterocycles. The van der Waals surface area contributed by atoms with Gasteiger partial charge in [-0.3, -0.25) is 0 Å². The van der Waals surface area contributed by atoms with Crippen LogP contribution in [-0.2, 0) is 4.74 Å². The van der Waals surface area contributed by atoms with Crippen molar-refractivity contribution in [2.45, 2.75) is 52.1 Å². The number of ether oxygens (including phenoxy) is 1. The molecule has 0 radical (unpaired) electrons. The second-order valence-corrected chi connectivity index (χ2v) is 3.93. The van der Waals surface area contributed by atoms with E-state index in [0.717, 1.165) is 6.61 Å². The second-order valence-electron chi connectivity index (χ2n) is 3.93. The molecule has 1 rings (SSSR count). The number of hydrogen-bond donors (Lipinski definition) is 0. The average molecular weight is 194 g/mol. The Morgan fingerprint density at radius 3 is 2.50 bits per heavy atom. The van der Waals surface area contributed by atoms with Gasteiger partial charge in [0.25, 0.3) is 0 Å². The Morgan fingerprint density at radius 2 is 1.93 bits per heavy atom. The van der Waals surface area contributed by atoms with Crippen LogP contribution in [0.3, 0.4) is 0 Å². The van der Waals surface area contributed by atoms with Crippen molar-refractivity contribution in [3.05, 3.63) is 23.8 Å². The first-order valence-corrected chi connectivity index (χ1v) is 5.76. The average Bonchev–Trinajstić information content (AvgIpc) is 2.25. The Morgan fingerprint density at radius 1 is 1.21 bits per heavy atom. The molecule has 0 aromatic rings. The Labute approximate surface area is 87.8 Å². The van der Waals surface area contributed by atoms with E-state index in [1.807, 2.05) is 6.92 Å². The first kappa shape index (κ1) is 11.5. The van der Waals surface area contributed by atoms with E-state index in [0.29, 0.717) is 6.10 Å². The molecule has 0 amide bonds. The molecule has 0 aliphatic heterocycles. The summed E-state index contributed by atoms with van der Waals surface area (Å²) in [7, 11) is 0. The number of hydrogen-bond acceptors (Lipinski definition) is 1. The van der Waals surface area contributed by atoms with Crippen LogP contribution in [0, 0.1) is 0 Å². The fourth-order valence-electron chi connectivity index (χ4n) is 1.89. The van der Waals surface area contributed by atoms with Crippen molar-refractivity contribution in [2.75, 3.05) is 6.61 Å². The van der Waals surface area contributed by atoms with Gasteiger partial charge in [0.2, 0.25) is 0 Å². The minimum absolute atomic E-state index is 0.518. The van der Waals surface area contributed by atoms with Crippen molar-refractivity contribution < 1.29 is 4.74 Å². The molecule has 14 heavy (non-hydrogen) atoms. The molecular formula is C13H22O. The molecular weight excluding hydrogens is 172 g/mol. The van der Waals surface area contributed by atoms with Crippen molar-refractivity contribution in [3.8, 4) is 0 Å². The van der Waals surface area contributed by atoms with Gasteiger partial charge in [0.1, 0.15) is 0 Å². The first-order chi connectivity index (χ1) is 6.86. The molecule has 1 aliphatic rings. The van der Waals surface area contributed by atoms with Gasteiger partial charge in [0, 0.05) is 0 Å². The van der Waals surface area contributed by atoms with E-state index >= 15 is 0 Å². The fourth-order valence-corrected chi connectivity index (χ4v) is 1.89. The summed E-state index contributed by atoms with van der Waals surface area (Å²) in [6, 6.07) is 0. The summed E-state index contributed by atoms with van der Waals surface area (Å²) in [5, 5.41) is 0. The van der Waals surface area contributed by atoms with Crippen LogP contribution in [0.15, 0.2) is 23.8 Å². The highest BCUT2D eigenvalue weighted by Crippen LogP contribution is 2.20. The van der Waals surface area contributed by atoms with Crippen molar-refractivity contribution in [2.24, 2.45) is 0 Å². The largest absolute Gasteiger partial charge is 0.374 e. The van der Waals surface area contributed by atoms with Gasteiger partial charge in [-0.05, 0) is 32.3 Å². The molecule has 1 aliphatic carbocycles. The van der Waals surface area contributed by atoms with E-state index in [1.165, 1.54) is 37.7 Å². The fraction of sp³-hybridized carbons (Fsp3) is 0.692. The van der Waals surface area contributed by atoms with Gasteiger partial charge in [0.05, 0.1) is 12.7 Å².